The number of hydrogen-bond donors (Lipinski definition) is 1. The van der Waals surface area contributed by atoms with Crippen LogP contribution in [0.3, 0.4) is 0 Å². The zero-order valence-corrected chi connectivity index (χ0v) is 18.1. The lowest BCUT2D eigenvalue weighted by molar-refractivity contribution is -0.603. The first kappa shape index (κ1) is 23.1. The van der Waals surface area contributed by atoms with Crippen LogP contribution in [0.25, 0.3) is 5.69 Å². The van der Waals surface area contributed by atoms with Gasteiger partial charge < -0.3 is 5.11 Å². The predicted molar refractivity (Wildman–Crippen MR) is 119 cm³/mol. The van der Waals surface area contributed by atoms with Gasteiger partial charge in [-0.05, 0) is 25.3 Å². The number of rotatable bonds is 15. The van der Waals surface area contributed by atoms with Gasteiger partial charge in [0.05, 0.1) is 0 Å². The summed E-state index contributed by atoms with van der Waals surface area (Å²) < 4.78 is 2.29. The average Bonchev–Trinajstić information content (AvgIpc) is 2.73. The standard InChI is InChI=1S/C26H37NO2/c1-23-24(18-16-22-27(23)25-19-13-11-14-20-25)17-12-9-7-5-3-2-4-6-8-10-15-21-26(28)29/h11,13-14,16,18-20,22H,2-10,12,15,17,21H2,1H3/p+1. The summed E-state index contributed by atoms with van der Waals surface area (Å²) in [5, 5.41) is 8.61. The second kappa shape index (κ2) is 13.9. The molecule has 0 amide bonds. The molecule has 0 aliphatic heterocycles. The van der Waals surface area contributed by atoms with Crippen molar-refractivity contribution in [1.82, 2.24) is 0 Å². The van der Waals surface area contributed by atoms with E-state index in [1.54, 1.807) is 0 Å². The Hall–Kier alpha value is -2.16. The quantitative estimate of drug-likeness (QED) is 0.273. The van der Waals surface area contributed by atoms with Gasteiger partial charge in [-0.2, -0.15) is 4.57 Å². The first-order valence-corrected chi connectivity index (χ1v) is 11.5. The molecule has 0 radical (unpaired) electrons. The molecule has 3 nitrogen and oxygen atoms in total. The number of nitrogens with zero attached hydrogens (tertiary/aromatic N) is 1. The maximum absolute atomic E-state index is 10.5. The van der Waals surface area contributed by atoms with Crippen LogP contribution in [0, 0.1) is 6.92 Å². The molecule has 3 heteroatoms. The summed E-state index contributed by atoms with van der Waals surface area (Å²) in [7, 11) is 0. The van der Waals surface area contributed by atoms with Gasteiger partial charge in [-0.25, -0.2) is 0 Å². The third kappa shape index (κ3) is 9.25. The predicted octanol–water partition coefficient (Wildman–Crippen LogP) is 6.58. The Morgan fingerprint density at radius 2 is 1.31 bits per heavy atom. The summed E-state index contributed by atoms with van der Waals surface area (Å²) in [5.74, 6) is -0.664. The van der Waals surface area contributed by atoms with Crippen LogP contribution in [-0.4, -0.2) is 11.1 Å². The Balaban J connectivity index is 1.52. The molecule has 0 saturated heterocycles. The highest BCUT2D eigenvalue weighted by molar-refractivity contribution is 5.66. The highest BCUT2D eigenvalue weighted by Crippen LogP contribution is 2.14. The van der Waals surface area contributed by atoms with E-state index in [1.807, 2.05) is 0 Å². The van der Waals surface area contributed by atoms with E-state index >= 15 is 0 Å². The van der Waals surface area contributed by atoms with Gasteiger partial charge in [-0.1, -0.05) is 76.0 Å². The van der Waals surface area contributed by atoms with Gasteiger partial charge in [0.25, 0.3) is 0 Å². The molecular formula is C26H38NO2+. The van der Waals surface area contributed by atoms with Gasteiger partial charge >= 0.3 is 5.97 Å². The molecule has 29 heavy (non-hydrogen) atoms. The van der Waals surface area contributed by atoms with Crippen molar-refractivity contribution < 1.29 is 14.5 Å². The number of aliphatic carboxylic acids is 1. The molecule has 0 unspecified atom stereocenters. The summed E-state index contributed by atoms with van der Waals surface area (Å²) in [6, 6.07) is 15.0. The van der Waals surface area contributed by atoms with Gasteiger partial charge in [-0.15, -0.1) is 0 Å². The monoisotopic (exact) mass is 396 g/mol. The molecule has 0 fully saturated rings. The molecule has 0 spiro atoms. The van der Waals surface area contributed by atoms with E-state index in [0.717, 1.165) is 19.3 Å². The van der Waals surface area contributed by atoms with Crippen LogP contribution in [0.15, 0.2) is 48.7 Å². The number of pyridine rings is 1. The molecule has 1 aromatic heterocycles. The molecule has 1 aromatic carbocycles. The Morgan fingerprint density at radius 3 is 1.90 bits per heavy atom. The van der Waals surface area contributed by atoms with Crippen molar-refractivity contribution >= 4 is 5.97 Å². The van der Waals surface area contributed by atoms with E-state index in [0.29, 0.717) is 6.42 Å². The SMILES string of the molecule is Cc1c(CCCCCCCCCCCCCC(=O)O)ccc[n+]1-c1ccccc1. The summed E-state index contributed by atoms with van der Waals surface area (Å²) in [6.07, 6.45) is 17.2. The topological polar surface area (TPSA) is 41.2 Å². The molecule has 0 saturated carbocycles. The fourth-order valence-corrected chi connectivity index (χ4v) is 3.95. The van der Waals surface area contributed by atoms with Crippen molar-refractivity contribution in [3.8, 4) is 5.69 Å². The number of carboxylic acids is 1. The van der Waals surface area contributed by atoms with Crippen molar-refractivity contribution in [2.24, 2.45) is 0 Å². The number of aryl methyl sites for hydroxylation is 1. The maximum Gasteiger partial charge on any atom is 0.303 e. The molecule has 2 aromatic rings. The van der Waals surface area contributed by atoms with Crippen LogP contribution >= 0.6 is 0 Å². The Labute approximate surface area is 176 Å². The van der Waals surface area contributed by atoms with E-state index in [2.05, 4.69) is 60.2 Å². The van der Waals surface area contributed by atoms with Crippen LogP contribution < -0.4 is 4.57 Å². The first-order valence-electron chi connectivity index (χ1n) is 11.5. The second-order valence-corrected chi connectivity index (χ2v) is 8.11. The van der Waals surface area contributed by atoms with Crippen LogP contribution in [0.2, 0.25) is 0 Å². The Kier molecular flexibility index (Phi) is 11.1. The summed E-state index contributed by atoms with van der Waals surface area (Å²) >= 11 is 0. The summed E-state index contributed by atoms with van der Waals surface area (Å²) in [6.45, 7) is 2.23. The molecule has 0 aliphatic carbocycles. The molecule has 158 valence electrons. The van der Waals surface area contributed by atoms with Crippen LogP contribution in [0.1, 0.15) is 88.3 Å². The molecule has 0 atom stereocenters. The fraction of sp³-hybridized carbons (Fsp3) is 0.538. The van der Waals surface area contributed by atoms with Crippen LogP contribution in [0.4, 0.5) is 0 Å². The van der Waals surface area contributed by atoms with Crippen LogP contribution in [0.5, 0.6) is 0 Å². The largest absolute Gasteiger partial charge is 0.481 e. The molecule has 1 heterocycles. The number of para-hydroxylation sites is 1. The smallest absolute Gasteiger partial charge is 0.303 e. The minimum Gasteiger partial charge on any atom is -0.481 e. The van der Waals surface area contributed by atoms with Crippen LogP contribution in [-0.2, 0) is 11.2 Å². The number of unbranched alkanes of at least 4 members (excludes halogenated alkanes) is 10. The van der Waals surface area contributed by atoms with E-state index in [4.69, 9.17) is 5.11 Å². The van der Waals surface area contributed by atoms with E-state index in [-0.39, 0.29) is 0 Å². The average molecular weight is 397 g/mol. The van der Waals surface area contributed by atoms with E-state index in [1.165, 1.54) is 74.7 Å². The summed E-state index contributed by atoms with van der Waals surface area (Å²) in [5.41, 5.74) is 4.04. The molecule has 2 rings (SSSR count). The first-order chi connectivity index (χ1) is 14.2. The van der Waals surface area contributed by atoms with E-state index in [9.17, 15) is 4.79 Å². The maximum atomic E-state index is 10.5. The summed E-state index contributed by atoms with van der Waals surface area (Å²) in [4.78, 5) is 10.5. The number of benzene rings is 1. The molecule has 0 aliphatic rings. The van der Waals surface area contributed by atoms with Crippen molar-refractivity contribution in [2.45, 2.75) is 90.4 Å². The third-order valence-electron chi connectivity index (χ3n) is 5.73. The number of carbonyl (C=O) groups is 1. The van der Waals surface area contributed by atoms with Crippen molar-refractivity contribution in [3.05, 3.63) is 59.9 Å². The van der Waals surface area contributed by atoms with Gasteiger partial charge in [-0.3, -0.25) is 4.79 Å². The molecule has 0 bridgehead atoms. The van der Waals surface area contributed by atoms with Crippen molar-refractivity contribution in [3.63, 3.8) is 0 Å². The zero-order chi connectivity index (χ0) is 20.7. The number of aromatic nitrogens is 1. The normalized spacial score (nSPS) is 10.9. The van der Waals surface area contributed by atoms with Gasteiger partial charge in [0.2, 0.25) is 5.69 Å². The minimum atomic E-state index is -0.664. The lowest BCUT2D eigenvalue weighted by Gasteiger charge is -2.06. The van der Waals surface area contributed by atoms with E-state index < -0.39 is 5.97 Å². The highest BCUT2D eigenvalue weighted by Gasteiger charge is 2.13. The lowest BCUT2D eigenvalue weighted by atomic mass is 10.0. The Morgan fingerprint density at radius 1 is 0.759 bits per heavy atom. The van der Waals surface area contributed by atoms with Gasteiger partial charge in [0.15, 0.2) is 11.9 Å². The molecule has 1 N–H and O–H groups in total. The lowest BCUT2D eigenvalue weighted by Crippen LogP contribution is -2.34. The highest BCUT2D eigenvalue weighted by atomic mass is 16.4. The third-order valence-corrected chi connectivity index (χ3v) is 5.73. The molecular weight excluding hydrogens is 358 g/mol. The van der Waals surface area contributed by atoms with Gasteiger partial charge in [0.1, 0.15) is 0 Å². The number of hydrogen-bond acceptors (Lipinski definition) is 1. The van der Waals surface area contributed by atoms with Crippen molar-refractivity contribution in [1.29, 1.82) is 0 Å². The fourth-order valence-electron chi connectivity index (χ4n) is 3.95. The Bertz CT molecular complexity index is 712. The second-order valence-electron chi connectivity index (χ2n) is 8.11. The van der Waals surface area contributed by atoms with Gasteiger partial charge in [0, 0.05) is 37.1 Å². The minimum absolute atomic E-state index is 0.328. The van der Waals surface area contributed by atoms with Crippen molar-refractivity contribution in [2.75, 3.05) is 0 Å². The zero-order valence-electron chi connectivity index (χ0n) is 18.1. The number of carboxylic acid groups (broad SMARTS) is 1.